The van der Waals surface area contributed by atoms with Crippen molar-refractivity contribution in [1.29, 1.82) is 5.26 Å². The van der Waals surface area contributed by atoms with Crippen LogP contribution in [-0.4, -0.2) is 54.8 Å². The molecule has 10 heteroatoms. The number of rotatable bonds is 6. The highest BCUT2D eigenvalue weighted by molar-refractivity contribution is 7.80. The predicted octanol–water partition coefficient (Wildman–Crippen LogP) is 6.12. The van der Waals surface area contributed by atoms with E-state index in [4.69, 9.17) is 33.8 Å². The molecule has 1 aliphatic carbocycles. The van der Waals surface area contributed by atoms with Crippen LogP contribution in [0.4, 0.5) is 24.5 Å². The smallest absolute Gasteiger partial charge is 0.382 e. The van der Waals surface area contributed by atoms with Gasteiger partial charge in [0.05, 0.1) is 29.9 Å². The Labute approximate surface area is 219 Å². The number of benzene rings is 2. The van der Waals surface area contributed by atoms with Gasteiger partial charge in [0.15, 0.2) is 0 Å². The quantitative estimate of drug-likeness (QED) is 0.449. The van der Waals surface area contributed by atoms with Crippen molar-refractivity contribution in [3.05, 3.63) is 58.6 Å². The van der Waals surface area contributed by atoms with Gasteiger partial charge >= 0.3 is 6.18 Å². The third-order valence-electron chi connectivity index (χ3n) is 6.76. The number of nitriles is 1. The summed E-state index contributed by atoms with van der Waals surface area (Å²) in [6, 6.07) is 13.3. The second-order valence-electron chi connectivity index (χ2n) is 9.14. The van der Waals surface area contributed by atoms with E-state index >= 15 is 0 Å². The van der Waals surface area contributed by atoms with Gasteiger partial charge in [0.1, 0.15) is 4.99 Å². The van der Waals surface area contributed by atoms with Crippen molar-refractivity contribution in [1.82, 2.24) is 4.90 Å². The largest absolute Gasteiger partial charge is 0.417 e. The van der Waals surface area contributed by atoms with E-state index in [0.717, 1.165) is 73.6 Å². The Morgan fingerprint density at radius 2 is 1.72 bits per heavy atom. The molecule has 1 aliphatic heterocycles. The molecule has 1 heterocycles. The lowest BCUT2D eigenvalue weighted by atomic mass is 9.92. The van der Waals surface area contributed by atoms with E-state index in [0.29, 0.717) is 12.3 Å². The van der Waals surface area contributed by atoms with Crippen LogP contribution in [0.15, 0.2) is 42.5 Å². The van der Waals surface area contributed by atoms with Gasteiger partial charge in [-0.05, 0) is 68.1 Å². The zero-order chi connectivity index (χ0) is 25.7. The molecule has 1 N–H and O–H groups in total. The van der Waals surface area contributed by atoms with E-state index in [2.05, 4.69) is 15.1 Å². The number of thiocarbonyl (C=S) groups is 1. The third-order valence-corrected chi connectivity index (χ3v) is 7.39. The van der Waals surface area contributed by atoms with Gasteiger partial charge in [-0.15, -0.1) is 0 Å². The highest BCUT2D eigenvalue weighted by Gasteiger charge is 2.34. The van der Waals surface area contributed by atoms with Gasteiger partial charge in [-0.3, -0.25) is 0 Å². The van der Waals surface area contributed by atoms with Crippen LogP contribution in [0.25, 0.3) is 0 Å². The molecule has 5 nitrogen and oxygen atoms in total. The molecule has 1 saturated heterocycles. The first kappa shape index (κ1) is 26.5. The maximum atomic E-state index is 13.2. The van der Waals surface area contributed by atoms with Crippen LogP contribution < -0.4 is 10.2 Å². The SMILES string of the molecule is N#Cc1ccc(N[C@H]2CC[C@H](OCC(=S)N3CCN(c4ccc(Cl)cc4)CC3)CC2)cc1C(F)(F)F. The predicted molar refractivity (Wildman–Crippen MR) is 140 cm³/mol. The van der Waals surface area contributed by atoms with Crippen molar-refractivity contribution in [2.75, 3.05) is 43.0 Å². The number of nitrogens with one attached hydrogen (secondary N) is 1. The van der Waals surface area contributed by atoms with Gasteiger partial charge in [0.25, 0.3) is 0 Å². The molecule has 36 heavy (non-hydrogen) atoms. The highest BCUT2D eigenvalue weighted by atomic mass is 35.5. The molecule has 0 atom stereocenters. The van der Waals surface area contributed by atoms with E-state index < -0.39 is 11.7 Å². The van der Waals surface area contributed by atoms with Crippen LogP contribution in [0, 0.1) is 11.3 Å². The summed E-state index contributed by atoms with van der Waals surface area (Å²) in [6.45, 7) is 3.84. The first-order chi connectivity index (χ1) is 17.2. The number of hydrogen-bond donors (Lipinski definition) is 1. The molecule has 2 aromatic carbocycles. The fraction of sp³-hybridized carbons (Fsp3) is 0.462. The molecule has 192 valence electrons. The Balaban J connectivity index is 1.19. The molecule has 0 unspecified atom stereocenters. The van der Waals surface area contributed by atoms with E-state index in [9.17, 15) is 13.2 Å². The van der Waals surface area contributed by atoms with Crippen molar-refractivity contribution < 1.29 is 17.9 Å². The lowest BCUT2D eigenvalue weighted by Gasteiger charge is -2.38. The number of alkyl halides is 3. The van der Waals surface area contributed by atoms with Gasteiger partial charge in [-0.2, -0.15) is 18.4 Å². The number of anilines is 2. The number of hydrogen-bond acceptors (Lipinski definition) is 5. The van der Waals surface area contributed by atoms with Gasteiger partial charge in [-0.25, -0.2) is 0 Å². The van der Waals surface area contributed by atoms with Crippen LogP contribution in [0.5, 0.6) is 0 Å². The van der Waals surface area contributed by atoms with Crippen LogP contribution in [0.3, 0.4) is 0 Å². The molecule has 2 aliphatic rings. The highest BCUT2D eigenvalue weighted by Crippen LogP contribution is 2.34. The topological polar surface area (TPSA) is 51.5 Å². The first-order valence-electron chi connectivity index (χ1n) is 12.0. The molecule has 2 fully saturated rings. The van der Waals surface area contributed by atoms with Crippen molar-refractivity contribution in [2.24, 2.45) is 0 Å². The second kappa shape index (κ2) is 11.7. The van der Waals surface area contributed by atoms with E-state index in [1.165, 1.54) is 12.1 Å². The van der Waals surface area contributed by atoms with Crippen molar-refractivity contribution in [3.63, 3.8) is 0 Å². The summed E-state index contributed by atoms with van der Waals surface area (Å²) < 4.78 is 45.8. The van der Waals surface area contributed by atoms with Crippen LogP contribution in [-0.2, 0) is 10.9 Å². The van der Waals surface area contributed by atoms with Crippen LogP contribution >= 0.6 is 23.8 Å². The fourth-order valence-electron chi connectivity index (χ4n) is 4.72. The lowest BCUT2D eigenvalue weighted by Crippen LogP contribution is -2.49. The molecule has 1 saturated carbocycles. The average Bonchev–Trinajstić information content (AvgIpc) is 2.88. The normalized spacial score (nSPS) is 20.6. The minimum Gasteiger partial charge on any atom is -0.382 e. The van der Waals surface area contributed by atoms with Crippen molar-refractivity contribution in [3.8, 4) is 6.07 Å². The van der Waals surface area contributed by atoms with Gasteiger partial charge in [0.2, 0.25) is 0 Å². The molecule has 0 amide bonds. The Kier molecular flexibility index (Phi) is 8.60. The zero-order valence-corrected chi connectivity index (χ0v) is 21.3. The summed E-state index contributed by atoms with van der Waals surface area (Å²) in [5.74, 6) is 0. The number of piperazine rings is 1. The summed E-state index contributed by atoms with van der Waals surface area (Å²) >= 11 is 11.6. The molecule has 2 aromatic rings. The minimum atomic E-state index is -4.56. The fourth-order valence-corrected chi connectivity index (χ4v) is 5.10. The molecular weight excluding hydrogens is 509 g/mol. The monoisotopic (exact) mass is 536 g/mol. The Morgan fingerprint density at radius 3 is 2.33 bits per heavy atom. The number of ether oxygens (including phenoxy) is 1. The van der Waals surface area contributed by atoms with E-state index in [-0.39, 0.29) is 17.7 Å². The van der Waals surface area contributed by atoms with Gasteiger partial charge < -0.3 is 19.9 Å². The minimum absolute atomic E-state index is 0.0618. The number of halogens is 4. The van der Waals surface area contributed by atoms with Crippen LogP contribution in [0.2, 0.25) is 5.02 Å². The third kappa shape index (κ3) is 6.81. The van der Waals surface area contributed by atoms with E-state index in [1.807, 2.05) is 24.3 Å². The van der Waals surface area contributed by atoms with Crippen molar-refractivity contribution in [2.45, 2.75) is 44.0 Å². The van der Waals surface area contributed by atoms with Crippen molar-refractivity contribution >= 4 is 40.2 Å². The summed E-state index contributed by atoms with van der Waals surface area (Å²) in [5, 5.41) is 12.9. The summed E-state index contributed by atoms with van der Waals surface area (Å²) in [5.41, 5.74) is 0.258. The van der Waals surface area contributed by atoms with Gasteiger partial charge in [-0.1, -0.05) is 23.8 Å². The average molecular weight is 537 g/mol. The Bertz CT molecular complexity index is 1090. The second-order valence-corrected chi connectivity index (χ2v) is 10.1. The lowest BCUT2D eigenvalue weighted by molar-refractivity contribution is -0.137. The standard InChI is InChI=1S/C26H28ClF3N4OS/c27-19-2-7-22(8-3-19)33-11-13-34(14-12-33)25(36)17-35-23-9-5-20(6-10-23)32-21-4-1-18(16-31)24(15-21)26(28,29)30/h1-4,7-8,15,20,23,32H,5-6,9-14,17H2/t20-,23-. The Morgan fingerprint density at radius 1 is 1.06 bits per heavy atom. The summed E-state index contributed by atoms with van der Waals surface area (Å²) in [6.07, 6.45) is -1.27. The van der Waals surface area contributed by atoms with Crippen LogP contribution in [0.1, 0.15) is 36.8 Å². The number of nitrogens with zero attached hydrogens (tertiary/aromatic N) is 3. The molecule has 0 bridgehead atoms. The maximum Gasteiger partial charge on any atom is 0.417 e. The molecule has 0 radical (unpaired) electrons. The van der Waals surface area contributed by atoms with E-state index in [1.54, 1.807) is 6.07 Å². The first-order valence-corrected chi connectivity index (χ1v) is 12.8. The zero-order valence-electron chi connectivity index (χ0n) is 19.7. The molecule has 0 spiro atoms. The molecular formula is C26H28ClF3N4OS. The molecule has 0 aromatic heterocycles. The maximum absolute atomic E-state index is 13.2. The molecule has 4 rings (SSSR count). The van der Waals surface area contributed by atoms with Gasteiger partial charge in [0, 0.05) is 48.6 Å². The summed E-state index contributed by atoms with van der Waals surface area (Å²) in [4.78, 5) is 5.32. The Hall–Kier alpha value is -2.54. The summed E-state index contributed by atoms with van der Waals surface area (Å²) in [7, 11) is 0.